The van der Waals surface area contributed by atoms with Gasteiger partial charge in [-0.1, -0.05) is 19.1 Å². The first kappa shape index (κ1) is 13.3. The molecule has 0 aliphatic rings. The maximum Gasteiger partial charge on any atom is 0.119 e. The summed E-state index contributed by atoms with van der Waals surface area (Å²) in [6, 6.07) is 13.8. The molecule has 3 heteroatoms. The third-order valence-corrected chi connectivity index (χ3v) is 2.90. The molecule has 0 atom stereocenters. The lowest BCUT2D eigenvalue weighted by atomic mass is 10.1. The molecule has 0 aliphatic carbocycles. The Morgan fingerprint density at radius 1 is 1.11 bits per heavy atom. The number of rotatable bonds is 5. The molecule has 0 saturated heterocycles. The Labute approximate surface area is 114 Å². The van der Waals surface area contributed by atoms with Gasteiger partial charge in [0.2, 0.25) is 0 Å². The fourth-order valence-corrected chi connectivity index (χ4v) is 1.86. The molecule has 0 unspecified atom stereocenters. The smallest absolute Gasteiger partial charge is 0.119 e. The number of hydrogen-bond donors (Lipinski definition) is 2. The largest absolute Gasteiger partial charge is 0.494 e. The lowest BCUT2D eigenvalue weighted by Gasteiger charge is -2.13. The van der Waals surface area contributed by atoms with Crippen molar-refractivity contribution in [1.29, 1.82) is 0 Å². The van der Waals surface area contributed by atoms with E-state index in [1.807, 2.05) is 49.4 Å². The van der Waals surface area contributed by atoms with E-state index >= 15 is 0 Å². The average molecular weight is 256 g/mol. The molecule has 3 nitrogen and oxygen atoms in total. The molecule has 2 aromatic carbocycles. The molecule has 100 valence electrons. The summed E-state index contributed by atoms with van der Waals surface area (Å²) in [7, 11) is 0. The number of aryl methyl sites for hydroxylation is 1. The van der Waals surface area contributed by atoms with Gasteiger partial charge in [-0.3, -0.25) is 0 Å². The van der Waals surface area contributed by atoms with Gasteiger partial charge in [0.15, 0.2) is 0 Å². The van der Waals surface area contributed by atoms with E-state index in [0.29, 0.717) is 0 Å². The van der Waals surface area contributed by atoms with Gasteiger partial charge >= 0.3 is 0 Å². The maximum atomic E-state index is 5.98. The summed E-state index contributed by atoms with van der Waals surface area (Å²) in [4.78, 5) is 0. The number of para-hydroxylation sites is 1. The molecule has 2 aromatic rings. The summed E-state index contributed by atoms with van der Waals surface area (Å²) in [5.74, 6) is 0.894. The monoisotopic (exact) mass is 256 g/mol. The minimum Gasteiger partial charge on any atom is -0.494 e. The van der Waals surface area contributed by atoms with Crippen LogP contribution >= 0.6 is 0 Å². The van der Waals surface area contributed by atoms with E-state index < -0.39 is 0 Å². The summed E-state index contributed by atoms with van der Waals surface area (Å²) in [5.41, 5.74) is 9.83. The number of nitrogens with one attached hydrogen (secondary N) is 1. The van der Waals surface area contributed by atoms with E-state index in [4.69, 9.17) is 10.5 Å². The fraction of sp³-hybridized carbons (Fsp3) is 0.250. The van der Waals surface area contributed by atoms with Crippen LogP contribution in [0, 0.1) is 6.92 Å². The van der Waals surface area contributed by atoms with Crippen LogP contribution < -0.4 is 15.8 Å². The first-order chi connectivity index (χ1) is 9.20. The minimum atomic E-state index is 0.748. The predicted molar refractivity (Wildman–Crippen MR) is 81.1 cm³/mol. The normalized spacial score (nSPS) is 10.2. The summed E-state index contributed by atoms with van der Waals surface area (Å²) < 4.78 is 5.56. The third kappa shape index (κ3) is 3.41. The summed E-state index contributed by atoms with van der Waals surface area (Å²) in [5, 5.41) is 3.34. The zero-order chi connectivity index (χ0) is 13.7. The molecule has 0 heterocycles. The van der Waals surface area contributed by atoms with Crippen molar-refractivity contribution in [3.05, 3.63) is 48.0 Å². The van der Waals surface area contributed by atoms with Gasteiger partial charge in [0, 0.05) is 5.69 Å². The number of benzene rings is 2. The van der Waals surface area contributed by atoms with Gasteiger partial charge in [-0.2, -0.15) is 0 Å². The first-order valence-corrected chi connectivity index (χ1v) is 6.55. The van der Waals surface area contributed by atoms with Crippen molar-refractivity contribution in [2.24, 2.45) is 0 Å². The standard InChI is InChI=1S/C16H20N2O/c1-3-11-19-14-9-7-13(8-10-14)18-16-12(2)5-4-6-15(16)17/h4-10,18H,3,11,17H2,1-2H3. The van der Waals surface area contributed by atoms with Crippen LogP contribution in [0.3, 0.4) is 0 Å². The highest BCUT2D eigenvalue weighted by Gasteiger charge is 2.03. The van der Waals surface area contributed by atoms with Crippen molar-refractivity contribution >= 4 is 17.1 Å². The highest BCUT2D eigenvalue weighted by Crippen LogP contribution is 2.27. The Kier molecular flexibility index (Phi) is 4.29. The van der Waals surface area contributed by atoms with Crippen LogP contribution in [0.25, 0.3) is 0 Å². The van der Waals surface area contributed by atoms with Crippen LogP contribution in [0.15, 0.2) is 42.5 Å². The Balaban J connectivity index is 2.11. The number of anilines is 3. The number of hydrogen-bond acceptors (Lipinski definition) is 3. The molecule has 2 rings (SSSR count). The lowest BCUT2D eigenvalue weighted by Crippen LogP contribution is -1.99. The quantitative estimate of drug-likeness (QED) is 0.791. The van der Waals surface area contributed by atoms with Crippen LogP contribution in [0.5, 0.6) is 5.75 Å². The van der Waals surface area contributed by atoms with Crippen LogP contribution in [0.1, 0.15) is 18.9 Å². The highest BCUT2D eigenvalue weighted by molar-refractivity contribution is 5.75. The van der Waals surface area contributed by atoms with E-state index in [-0.39, 0.29) is 0 Å². The molecular weight excluding hydrogens is 236 g/mol. The Bertz CT molecular complexity index is 515. The van der Waals surface area contributed by atoms with E-state index in [0.717, 1.165) is 41.4 Å². The Morgan fingerprint density at radius 3 is 2.47 bits per heavy atom. The zero-order valence-electron chi connectivity index (χ0n) is 11.4. The number of ether oxygens (including phenoxy) is 1. The summed E-state index contributed by atoms with van der Waals surface area (Å²) >= 11 is 0. The molecule has 0 radical (unpaired) electrons. The lowest BCUT2D eigenvalue weighted by molar-refractivity contribution is 0.317. The molecule has 0 amide bonds. The third-order valence-electron chi connectivity index (χ3n) is 2.90. The second kappa shape index (κ2) is 6.14. The molecule has 0 fully saturated rings. The first-order valence-electron chi connectivity index (χ1n) is 6.55. The van der Waals surface area contributed by atoms with Crippen molar-refractivity contribution in [2.45, 2.75) is 20.3 Å². The predicted octanol–water partition coefficient (Wildman–Crippen LogP) is 4.11. The van der Waals surface area contributed by atoms with Crippen molar-refractivity contribution in [3.8, 4) is 5.75 Å². The van der Waals surface area contributed by atoms with Gasteiger partial charge in [0.1, 0.15) is 5.75 Å². The molecule has 0 aromatic heterocycles. The highest BCUT2D eigenvalue weighted by atomic mass is 16.5. The zero-order valence-corrected chi connectivity index (χ0v) is 11.4. The van der Waals surface area contributed by atoms with Crippen LogP contribution in [0.4, 0.5) is 17.1 Å². The van der Waals surface area contributed by atoms with Crippen LogP contribution in [-0.4, -0.2) is 6.61 Å². The van der Waals surface area contributed by atoms with Crippen molar-refractivity contribution < 1.29 is 4.74 Å². The topological polar surface area (TPSA) is 47.3 Å². The second-order valence-electron chi connectivity index (χ2n) is 4.54. The van der Waals surface area contributed by atoms with Gasteiger partial charge < -0.3 is 15.8 Å². The van der Waals surface area contributed by atoms with E-state index in [2.05, 4.69) is 12.2 Å². The fourth-order valence-electron chi connectivity index (χ4n) is 1.86. The van der Waals surface area contributed by atoms with Gasteiger partial charge in [0.05, 0.1) is 18.0 Å². The number of nitrogens with two attached hydrogens (primary N) is 1. The van der Waals surface area contributed by atoms with E-state index in [1.165, 1.54) is 0 Å². The van der Waals surface area contributed by atoms with Gasteiger partial charge in [-0.05, 0) is 49.2 Å². The van der Waals surface area contributed by atoms with Crippen LogP contribution in [0.2, 0.25) is 0 Å². The van der Waals surface area contributed by atoms with Crippen molar-refractivity contribution in [1.82, 2.24) is 0 Å². The average Bonchev–Trinajstić information content (AvgIpc) is 2.42. The molecule has 0 aliphatic heterocycles. The van der Waals surface area contributed by atoms with Gasteiger partial charge in [0.25, 0.3) is 0 Å². The van der Waals surface area contributed by atoms with E-state index in [1.54, 1.807) is 0 Å². The molecule has 0 bridgehead atoms. The minimum absolute atomic E-state index is 0.748. The second-order valence-corrected chi connectivity index (χ2v) is 4.54. The Hall–Kier alpha value is -2.16. The van der Waals surface area contributed by atoms with Crippen molar-refractivity contribution in [2.75, 3.05) is 17.7 Å². The summed E-state index contributed by atoms with van der Waals surface area (Å²) in [6.07, 6.45) is 1.01. The maximum absolute atomic E-state index is 5.98. The molecule has 0 saturated carbocycles. The molecular formula is C16H20N2O. The molecule has 0 spiro atoms. The van der Waals surface area contributed by atoms with Gasteiger partial charge in [-0.15, -0.1) is 0 Å². The van der Waals surface area contributed by atoms with Crippen LogP contribution in [-0.2, 0) is 0 Å². The van der Waals surface area contributed by atoms with Gasteiger partial charge in [-0.25, -0.2) is 0 Å². The molecule has 19 heavy (non-hydrogen) atoms. The summed E-state index contributed by atoms with van der Waals surface area (Å²) in [6.45, 7) is 4.88. The molecule has 3 N–H and O–H groups in total. The van der Waals surface area contributed by atoms with Crippen molar-refractivity contribution in [3.63, 3.8) is 0 Å². The Morgan fingerprint density at radius 2 is 1.84 bits per heavy atom. The number of nitrogen functional groups attached to an aromatic ring is 1. The SMILES string of the molecule is CCCOc1ccc(Nc2c(C)cccc2N)cc1. The van der Waals surface area contributed by atoms with E-state index in [9.17, 15) is 0 Å².